The van der Waals surface area contributed by atoms with Gasteiger partial charge >= 0.3 is 12.0 Å². The maximum Gasteiger partial charge on any atom is 0.337 e. The number of phenols is 1. The lowest BCUT2D eigenvalue weighted by Gasteiger charge is -2.16. The van der Waals surface area contributed by atoms with Crippen LogP contribution in [0.15, 0.2) is 42.5 Å². The van der Waals surface area contributed by atoms with Crippen LogP contribution < -0.4 is 10.6 Å². The zero-order valence-corrected chi connectivity index (χ0v) is 15.2. The Labute approximate surface area is 153 Å². The summed E-state index contributed by atoms with van der Waals surface area (Å²) in [6.07, 6.45) is 1.55. The van der Waals surface area contributed by atoms with E-state index in [1.54, 1.807) is 30.3 Å². The average molecular weight is 356 g/mol. The van der Waals surface area contributed by atoms with Crippen molar-refractivity contribution >= 4 is 17.7 Å². The second-order valence-corrected chi connectivity index (χ2v) is 6.23. The number of nitrogens with one attached hydrogen (secondary N) is 2. The first-order valence-corrected chi connectivity index (χ1v) is 8.43. The molecule has 0 radical (unpaired) electrons. The van der Waals surface area contributed by atoms with Crippen molar-refractivity contribution in [3.63, 3.8) is 0 Å². The highest BCUT2D eigenvalue weighted by Crippen LogP contribution is 2.18. The van der Waals surface area contributed by atoms with Gasteiger partial charge in [0.2, 0.25) is 0 Å². The lowest BCUT2D eigenvalue weighted by molar-refractivity contribution is 0.0600. The zero-order chi connectivity index (χ0) is 19.1. The molecule has 0 aromatic heterocycles. The van der Waals surface area contributed by atoms with Gasteiger partial charge in [-0.3, -0.25) is 0 Å². The first-order valence-electron chi connectivity index (χ1n) is 8.43. The largest absolute Gasteiger partial charge is 0.508 e. The maximum absolute atomic E-state index is 12.2. The van der Waals surface area contributed by atoms with Crippen LogP contribution in [-0.4, -0.2) is 30.3 Å². The number of amides is 2. The number of hydrogen-bond acceptors (Lipinski definition) is 4. The van der Waals surface area contributed by atoms with Crippen molar-refractivity contribution in [1.82, 2.24) is 5.32 Å². The molecule has 6 heteroatoms. The van der Waals surface area contributed by atoms with Crippen LogP contribution in [0.1, 0.15) is 34.8 Å². The van der Waals surface area contributed by atoms with Crippen LogP contribution in [0.25, 0.3) is 0 Å². The molecule has 2 aromatic rings. The van der Waals surface area contributed by atoms with Gasteiger partial charge in [0.15, 0.2) is 0 Å². The third-order valence-electron chi connectivity index (χ3n) is 4.09. The third-order valence-corrected chi connectivity index (χ3v) is 4.09. The van der Waals surface area contributed by atoms with Gasteiger partial charge in [-0.25, -0.2) is 9.59 Å². The molecule has 26 heavy (non-hydrogen) atoms. The molecule has 2 amide bonds. The second kappa shape index (κ2) is 8.89. The first kappa shape index (κ1) is 19.3. The Morgan fingerprint density at radius 1 is 1.15 bits per heavy atom. The monoisotopic (exact) mass is 356 g/mol. The van der Waals surface area contributed by atoms with Crippen LogP contribution in [0.5, 0.6) is 5.75 Å². The minimum Gasteiger partial charge on any atom is -0.508 e. The summed E-state index contributed by atoms with van der Waals surface area (Å²) in [4.78, 5) is 23.8. The normalized spacial score (nSPS) is 11.5. The van der Waals surface area contributed by atoms with E-state index in [4.69, 9.17) is 4.74 Å². The molecular formula is C20H24N2O4. The van der Waals surface area contributed by atoms with Crippen molar-refractivity contribution in [3.8, 4) is 5.75 Å². The van der Waals surface area contributed by atoms with E-state index in [-0.39, 0.29) is 17.8 Å². The van der Waals surface area contributed by atoms with Crippen LogP contribution in [0.4, 0.5) is 10.5 Å². The number of methoxy groups -OCH3 is 1. The van der Waals surface area contributed by atoms with E-state index in [0.717, 1.165) is 24.0 Å². The number of aryl methyl sites for hydroxylation is 2. The van der Waals surface area contributed by atoms with Gasteiger partial charge in [-0.05, 0) is 62.1 Å². The van der Waals surface area contributed by atoms with Gasteiger partial charge < -0.3 is 20.5 Å². The summed E-state index contributed by atoms with van der Waals surface area (Å²) < 4.78 is 4.70. The molecule has 2 rings (SSSR count). The lowest BCUT2D eigenvalue weighted by atomic mass is 10.1. The van der Waals surface area contributed by atoms with Crippen LogP contribution >= 0.6 is 0 Å². The number of ether oxygens (including phenoxy) is 1. The number of benzene rings is 2. The Hall–Kier alpha value is -3.02. The minimum absolute atomic E-state index is 0.0344. The Bertz CT molecular complexity index is 772. The van der Waals surface area contributed by atoms with Crippen LogP contribution in [-0.2, 0) is 11.2 Å². The number of rotatable bonds is 6. The predicted octanol–water partition coefficient (Wildman–Crippen LogP) is 3.63. The van der Waals surface area contributed by atoms with E-state index < -0.39 is 5.97 Å². The first-order chi connectivity index (χ1) is 12.4. The molecule has 1 atom stereocenters. The maximum atomic E-state index is 12.2. The van der Waals surface area contributed by atoms with E-state index in [1.165, 1.54) is 7.11 Å². The van der Waals surface area contributed by atoms with Crippen LogP contribution in [0.3, 0.4) is 0 Å². The summed E-state index contributed by atoms with van der Waals surface area (Å²) in [7, 11) is 1.32. The molecule has 0 saturated heterocycles. The molecule has 0 heterocycles. The number of carbonyl (C=O) groups is 2. The quantitative estimate of drug-likeness (QED) is 0.690. The van der Waals surface area contributed by atoms with Crippen molar-refractivity contribution in [2.24, 2.45) is 0 Å². The third kappa shape index (κ3) is 5.51. The Kier molecular flexibility index (Phi) is 6.60. The number of phenolic OH excluding ortho intramolecular Hbond substituents is 1. The van der Waals surface area contributed by atoms with E-state index in [9.17, 15) is 14.7 Å². The van der Waals surface area contributed by atoms with Gasteiger partial charge in [-0.15, -0.1) is 0 Å². The van der Waals surface area contributed by atoms with Gasteiger partial charge in [-0.2, -0.15) is 0 Å². The highest BCUT2D eigenvalue weighted by Gasteiger charge is 2.12. The Balaban J connectivity index is 1.89. The number of anilines is 1. The number of esters is 1. The summed E-state index contributed by atoms with van der Waals surface area (Å²) in [5, 5.41) is 15.0. The predicted molar refractivity (Wildman–Crippen MR) is 101 cm³/mol. The molecule has 0 spiro atoms. The highest BCUT2D eigenvalue weighted by atomic mass is 16.5. The van der Waals surface area contributed by atoms with Crippen molar-refractivity contribution in [1.29, 1.82) is 0 Å². The van der Waals surface area contributed by atoms with Crippen molar-refractivity contribution in [2.45, 2.75) is 32.7 Å². The summed E-state index contributed by atoms with van der Waals surface area (Å²) in [5.74, 6) is -0.209. The molecule has 0 unspecified atom stereocenters. The van der Waals surface area contributed by atoms with Crippen molar-refractivity contribution in [2.75, 3.05) is 12.4 Å². The molecule has 6 nitrogen and oxygen atoms in total. The van der Waals surface area contributed by atoms with Gasteiger partial charge in [0.25, 0.3) is 0 Å². The van der Waals surface area contributed by atoms with E-state index in [1.807, 2.05) is 26.0 Å². The highest BCUT2D eigenvalue weighted by molar-refractivity contribution is 5.94. The summed E-state index contributed by atoms with van der Waals surface area (Å²) >= 11 is 0. The molecular weight excluding hydrogens is 332 g/mol. The summed E-state index contributed by atoms with van der Waals surface area (Å²) in [6, 6.07) is 11.7. The number of urea groups is 1. The van der Waals surface area contributed by atoms with E-state index >= 15 is 0 Å². The molecule has 138 valence electrons. The Morgan fingerprint density at radius 2 is 1.85 bits per heavy atom. The van der Waals surface area contributed by atoms with Gasteiger partial charge in [-0.1, -0.05) is 18.2 Å². The molecule has 2 aromatic carbocycles. The fourth-order valence-electron chi connectivity index (χ4n) is 2.50. The van der Waals surface area contributed by atoms with Crippen molar-refractivity contribution in [3.05, 3.63) is 59.2 Å². The lowest BCUT2D eigenvalue weighted by Crippen LogP contribution is -2.36. The summed E-state index contributed by atoms with van der Waals surface area (Å²) in [5.41, 5.74) is 2.90. The fourth-order valence-corrected chi connectivity index (χ4v) is 2.50. The van der Waals surface area contributed by atoms with E-state index in [2.05, 4.69) is 10.6 Å². The van der Waals surface area contributed by atoms with Gasteiger partial charge in [0.05, 0.1) is 12.7 Å². The van der Waals surface area contributed by atoms with Crippen LogP contribution in [0.2, 0.25) is 0 Å². The summed E-state index contributed by atoms with van der Waals surface area (Å²) in [6.45, 7) is 3.78. The molecule has 0 aliphatic rings. The topological polar surface area (TPSA) is 87.7 Å². The van der Waals surface area contributed by atoms with E-state index in [0.29, 0.717) is 11.3 Å². The minimum atomic E-state index is -0.448. The molecule has 0 saturated carbocycles. The molecule has 0 aliphatic carbocycles. The second-order valence-electron chi connectivity index (χ2n) is 6.23. The SMILES string of the molecule is COC(=O)c1ccc(C)c(NC(=O)N[C@@H](C)CCc2ccc(O)cc2)c1. The van der Waals surface area contributed by atoms with Crippen molar-refractivity contribution < 1.29 is 19.4 Å². The smallest absolute Gasteiger partial charge is 0.337 e. The van der Waals surface area contributed by atoms with Crippen LogP contribution in [0, 0.1) is 6.92 Å². The number of aromatic hydroxyl groups is 1. The van der Waals surface area contributed by atoms with Gasteiger partial charge in [0, 0.05) is 11.7 Å². The van der Waals surface area contributed by atoms with Gasteiger partial charge in [0.1, 0.15) is 5.75 Å². The fraction of sp³-hybridized carbons (Fsp3) is 0.300. The molecule has 0 bridgehead atoms. The number of carbonyl (C=O) groups excluding carboxylic acids is 2. The molecule has 3 N–H and O–H groups in total. The average Bonchev–Trinajstić information content (AvgIpc) is 2.62. The molecule has 0 fully saturated rings. The zero-order valence-electron chi connectivity index (χ0n) is 15.2. The Morgan fingerprint density at radius 3 is 2.50 bits per heavy atom. The standard InChI is InChI=1S/C20H24N2O4/c1-13-4-9-16(19(24)26-3)12-18(13)22-20(25)21-14(2)5-6-15-7-10-17(23)11-8-15/h4,7-12,14,23H,5-6H2,1-3H3,(H2,21,22,25)/t14-/m0/s1. The molecule has 0 aliphatic heterocycles. The number of hydrogen-bond donors (Lipinski definition) is 3.